The van der Waals surface area contributed by atoms with Gasteiger partial charge in [-0.2, -0.15) is 0 Å². The summed E-state index contributed by atoms with van der Waals surface area (Å²) in [5, 5.41) is 0. The molecule has 0 spiro atoms. The second kappa shape index (κ2) is 4.95. The molecule has 0 aromatic rings. The summed E-state index contributed by atoms with van der Waals surface area (Å²) < 4.78 is 5.14. The fourth-order valence-corrected chi connectivity index (χ4v) is 1.13. The zero-order chi connectivity index (χ0) is 10.6. The van der Waals surface area contributed by atoms with E-state index in [-0.39, 0.29) is 17.7 Å². The van der Waals surface area contributed by atoms with Crippen molar-refractivity contribution < 1.29 is 14.3 Å². The third kappa shape index (κ3) is 2.99. The summed E-state index contributed by atoms with van der Waals surface area (Å²) in [6, 6.07) is 0. The van der Waals surface area contributed by atoms with Gasteiger partial charge >= 0.3 is 0 Å². The molecule has 0 aromatic carbocycles. The number of rotatable bonds is 2. The van der Waals surface area contributed by atoms with Crippen LogP contribution in [0, 0.1) is 5.92 Å². The molecular weight excluding hydrogens is 184 g/mol. The highest BCUT2D eigenvalue weighted by molar-refractivity contribution is 5.85. The first-order valence-corrected chi connectivity index (χ1v) is 4.82. The number of hydrogen-bond donors (Lipinski definition) is 2. The Morgan fingerprint density at radius 1 is 1.36 bits per heavy atom. The van der Waals surface area contributed by atoms with E-state index >= 15 is 0 Å². The predicted octanol–water partition coefficient (Wildman–Crippen LogP) is -0.0312. The lowest BCUT2D eigenvalue weighted by Crippen LogP contribution is -2.47. The van der Waals surface area contributed by atoms with E-state index in [9.17, 15) is 9.59 Å². The molecule has 1 atom stereocenters. The van der Waals surface area contributed by atoms with Crippen LogP contribution in [0.5, 0.6) is 0 Å². The molecule has 0 bridgehead atoms. The van der Waals surface area contributed by atoms with Crippen molar-refractivity contribution in [3.05, 3.63) is 0 Å². The fourth-order valence-electron chi connectivity index (χ4n) is 1.13. The molecule has 1 saturated heterocycles. The number of carbonyl (C=O) groups is 2. The molecule has 14 heavy (non-hydrogen) atoms. The number of nitrogens with one attached hydrogen (secondary N) is 2. The molecule has 0 aromatic heterocycles. The van der Waals surface area contributed by atoms with Crippen molar-refractivity contribution in [2.45, 2.75) is 32.8 Å². The standard InChI is InChI=1S/C9H16N2O3/c1-6(2)8(12)10-11-9(13)7-4-3-5-14-7/h6-7H,3-5H2,1-2H3,(H,10,12)(H,11,13). The maximum Gasteiger partial charge on any atom is 0.267 e. The Bertz CT molecular complexity index is 222. The van der Waals surface area contributed by atoms with E-state index < -0.39 is 6.10 Å². The molecule has 1 unspecified atom stereocenters. The van der Waals surface area contributed by atoms with Gasteiger partial charge in [0.05, 0.1) is 0 Å². The van der Waals surface area contributed by atoms with E-state index in [4.69, 9.17) is 4.74 Å². The first-order chi connectivity index (χ1) is 6.61. The number of amides is 2. The minimum atomic E-state index is -0.400. The highest BCUT2D eigenvalue weighted by atomic mass is 16.5. The zero-order valence-electron chi connectivity index (χ0n) is 8.50. The Labute approximate surface area is 83.2 Å². The zero-order valence-corrected chi connectivity index (χ0v) is 8.50. The van der Waals surface area contributed by atoms with Gasteiger partial charge in [-0.1, -0.05) is 13.8 Å². The number of hydrogen-bond acceptors (Lipinski definition) is 3. The first-order valence-electron chi connectivity index (χ1n) is 4.82. The van der Waals surface area contributed by atoms with Crippen molar-refractivity contribution in [1.82, 2.24) is 10.9 Å². The molecule has 1 aliphatic rings. The van der Waals surface area contributed by atoms with E-state index in [1.54, 1.807) is 13.8 Å². The smallest absolute Gasteiger partial charge is 0.267 e. The Kier molecular flexibility index (Phi) is 3.88. The number of ether oxygens (including phenoxy) is 1. The monoisotopic (exact) mass is 200 g/mol. The molecule has 0 saturated carbocycles. The minimum Gasteiger partial charge on any atom is -0.368 e. The van der Waals surface area contributed by atoms with Gasteiger partial charge in [0, 0.05) is 12.5 Å². The van der Waals surface area contributed by atoms with Crippen LogP contribution in [0.1, 0.15) is 26.7 Å². The van der Waals surface area contributed by atoms with Gasteiger partial charge in [-0.3, -0.25) is 20.4 Å². The van der Waals surface area contributed by atoms with Crippen LogP contribution in [-0.4, -0.2) is 24.5 Å². The molecule has 2 N–H and O–H groups in total. The van der Waals surface area contributed by atoms with Crippen molar-refractivity contribution in [1.29, 1.82) is 0 Å². The van der Waals surface area contributed by atoms with E-state index in [1.807, 2.05) is 0 Å². The van der Waals surface area contributed by atoms with Crippen molar-refractivity contribution in [3.63, 3.8) is 0 Å². The van der Waals surface area contributed by atoms with Crippen molar-refractivity contribution in [2.75, 3.05) is 6.61 Å². The molecule has 80 valence electrons. The molecular formula is C9H16N2O3. The summed E-state index contributed by atoms with van der Waals surface area (Å²) in [5.41, 5.74) is 4.68. The summed E-state index contributed by atoms with van der Waals surface area (Å²) in [6.07, 6.45) is 1.22. The predicted molar refractivity (Wildman–Crippen MR) is 50.1 cm³/mol. The van der Waals surface area contributed by atoms with E-state index in [2.05, 4.69) is 10.9 Å². The van der Waals surface area contributed by atoms with Crippen LogP contribution in [-0.2, 0) is 14.3 Å². The van der Waals surface area contributed by atoms with Crippen LogP contribution in [0.3, 0.4) is 0 Å². The van der Waals surface area contributed by atoms with E-state index in [0.29, 0.717) is 6.61 Å². The van der Waals surface area contributed by atoms with Gasteiger partial charge in [0.2, 0.25) is 5.91 Å². The van der Waals surface area contributed by atoms with E-state index in [1.165, 1.54) is 0 Å². The topological polar surface area (TPSA) is 67.4 Å². The largest absolute Gasteiger partial charge is 0.368 e. The average Bonchev–Trinajstić information content (AvgIpc) is 2.66. The SMILES string of the molecule is CC(C)C(=O)NNC(=O)C1CCCO1. The molecule has 1 aliphatic heterocycles. The number of hydrazine groups is 1. The van der Waals surface area contributed by atoms with Crippen LogP contribution in [0.25, 0.3) is 0 Å². The van der Waals surface area contributed by atoms with Gasteiger partial charge in [0.1, 0.15) is 6.10 Å². The summed E-state index contributed by atoms with van der Waals surface area (Å²) in [6.45, 7) is 4.14. The van der Waals surface area contributed by atoms with Crippen LogP contribution in [0.4, 0.5) is 0 Å². The Morgan fingerprint density at radius 3 is 2.57 bits per heavy atom. The van der Waals surface area contributed by atoms with Crippen LogP contribution in [0.15, 0.2) is 0 Å². The molecule has 5 nitrogen and oxygen atoms in total. The van der Waals surface area contributed by atoms with Gasteiger partial charge in [0.15, 0.2) is 0 Å². The molecule has 1 rings (SSSR count). The maximum absolute atomic E-state index is 11.3. The second-order valence-electron chi connectivity index (χ2n) is 3.63. The summed E-state index contributed by atoms with van der Waals surface area (Å²) in [7, 11) is 0. The second-order valence-corrected chi connectivity index (χ2v) is 3.63. The lowest BCUT2D eigenvalue weighted by atomic mass is 10.2. The Hall–Kier alpha value is -1.10. The third-order valence-electron chi connectivity index (χ3n) is 2.06. The van der Waals surface area contributed by atoms with Crippen molar-refractivity contribution >= 4 is 11.8 Å². The van der Waals surface area contributed by atoms with Crippen LogP contribution in [0.2, 0.25) is 0 Å². The highest BCUT2D eigenvalue weighted by Gasteiger charge is 2.23. The maximum atomic E-state index is 11.3. The molecule has 2 amide bonds. The average molecular weight is 200 g/mol. The molecule has 5 heteroatoms. The van der Waals surface area contributed by atoms with Crippen molar-refractivity contribution in [2.24, 2.45) is 5.92 Å². The summed E-state index contributed by atoms with van der Waals surface area (Å²) >= 11 is 0. The van der Waals surface area contributed by atoms with Crippen LogP contribution >= 0.6 is 0 Å². The van der Waals surface area contributed by atoms with Gasteiger partial charge in [0.25, 0.3) is 5.91 Å². The third-order valence-corrected chi connectivity index (χ3v) is 2.06. The first kappa shape index (κ1) is 11.0. The van der Waals surface area contributed by atoms with Gasteiger partial charge < -0.3 is 4.74 Å². The van der Waals surface area contributed by atoms with Crippen LogP contribution < -0.4 is 10.9 Å². The molecule has 1 heterocycles. The Balaban J connectivity index is 2.23. The van der Waals surface area contributed by atoms with Gasteiger partial charge in [-0.05, 0) is 12.8 Å². The summed E-state index contributed by atoms with van der Waals surface area (Å²) in [4.78, 5) is 22.4. The van der Waals surface area contributed by atoms with Crippen molar-refractivity contribution in [3.8, 4) is 0 Å². The lowest BCUT2D eigenvalue weighted by molar-refractivity contribution is -0.135. The normalized spacial score (nSPS) is 20.9. The minimum absolute atomic E-state index is 0.139. The highest BCUT2D eigenvalue weighted by Crippen LogP contribution is 2.11. The summed E-state index contributed by atoms with van der Waals surface area (Å²) in [5.74, 6) is -0.604. The van der Waals surface area contributed by atoms with Gasteiger partial charge in [-0.25, -0.2) is 0 Å². The van der Waals surface area contributed by atoms with Gasteiger partial charge in [-0.15, -0.1) is 0 Å². The van der Waals surface area contributed by atoms with E-state index in [0.717, 1.165) is 12.8 Å². The molecule has 1 fully saturated rings. The molecule has 0 radical (unpaired) electrons. The Morgan fingerprint density at radius 2 is 2.07 bits per heavy atom. The quantitative estimate of drug-likeness (QED) is 0.615. The number of carbonyl (C=O) groups excluding carboxylic acids is 2. The molecule has 0 aliphatic carbocycles. The lowest BCUT2D eigenvalue weighted by Gasteiger charge is -2.12. The fraction of sp³-hybridized carbons (Fsp3) is 0.778.